The first kappa shape index (κ1) is 16.5. The number of rotatable bonds is 2. The highest BCUT2D eigenvalue weighted by Crippen LogP contribution is 2.54. The highest BCUT2D eigenvalue weighted by atomic mass is 79.9. The van der Waals surface area contributed by atoms with E-state index < -0.39 is 28.6 Å². The van der Waals surface area contributed by atoms with E-state index in [1.807, 2.05) is 0 Å². The van der Waals surface area contributed by atoms with Gasteiger partial charge in [0.1, 0.15) is 11.6 Å². The van der Waals surface area contributed by atoms with Crippen molar-refractivity contribution in [2.45, 2.75) is 11.3 Å². The van der Waals surface area contributed by atoms with Crippen LogP contribution in [0.3, 0.4) is 0 Å². The van der Waals surface area contributed by atoms with Crippen LogP contribution in [-0.2, 0) is 5.67 Å². The second-order valence-corrected chi connectivity index (χ2v) is 6.75. The third-order valence-corrected chi connectivity index (χ3v) is 4.81. The van der Waals surface area contributed by atoms with Crippen LogP contribution in [0.1, 0.15) is 4.88 Å². The van der Waals surface area contributed by atoms with Crippen molar-refractivity contribution in [1.29, 1.82) is 10.5 Å². The summed E-state index contributed by atoms with van der Waals surface area (Å²) in [6.07, 6.45) is 1.14. The molecular weight excluding hydrogens is 384 g/mol. The van der Waals surface area contributed by atoms with Crippen molar-refractivity contribution in [2.75, 3.05) is 0 Å². The van der Waals surface area contributed by atoms with Crippen molar-refractivity contribution in [3.63, 3.8) is 0 Å². The zero-order valence-corrected chi connectivity index (χ0v) is 13.0. The Balaban J connectivity index is 2.80. The van der Waals surface area contributed by atoms with E-state index in [-0.39, 0.29) is 11.0 Å². The Morgan fingerprint density at radius 3 is 2.41 bits per heavy atom. The van der Waals surface area contributed by atoms with Crippen molar-refractivity contribution in [2.24, 2.45) is 0 Å². The lowest BCUT2D eigenvalue weighted by atomic mass is 9.75. The molecule has 0 fully saturated rings. The van der Waals surface area contributed by atoms with Crippen LogP contribution in [0.15, 0.2) is 51.4 Å². The van der Waals surface area contributed by atoms with Gasteiger partial charge in [-0.1, -0.05) is 0 Å². The van der Waals surface area contributed by atoms with Crippen molar-refractivity contribution in [3.05, 3.63) is 56.3 Å². The van der Waals surface area contributed by atoms with Crippen LogP contribution in [0.2, 0.25) is 0 Å². The van der Waals surface area contributed by atoms with Gasteiger partial charge in [-0.2, -0.15) is 10.5 Å². The molecule has 112 valence electrons. The maximum Gasteiger partial charge on any atom is 0.210 e. The van der Waals surface area contributed by atoms with E-state index in [9.17, 15) is 8.78 Å². The van der Waals surface area contributed by atoms with Crippen LogP contribution in [0, 0.1) is 22.7 Å². The molecule has 0 aliphatic heterocycles. The van der Waals surface area contributed by atoms with Crippen LogP contribution >= 0.6 is 27.3 Å². The molecule has 8 heteroatoms. The lowest BCUT2D eigenvalue weighted by molar-refractivity contribution is 0.0562. The molecule has 0 saturated heterocycles. The number of thiophene rings is 1. The molecule has 1 aliphatic carbocycles. The Labute approximate surface area is 135 Å². The van der Waals surface area contributed by atoms with Crippen LogP contribution in [0.4, 0.5) is 17.6 Å². The van der Waals surface area contributed by atoms with E-state index in [4.69, 9.17) is 10.5 Å². The molecule has 0 aromatic carbocycles. The van der Waals surface area contributed by atoms with Gasteiger partial charge in [0.05, 0.1) is 14.7 Å². The number of hydrogen-bond acceptors (Lipinski definition) is 3. The van der Waals surface area contributed by atoms with Crippen molar-refractivity contribution in [3.8, 4) is 12.1 Å². The minimum Gasteiger partial charge on any atom is -0.229 e. The van der Waals surface area contributed by atoms with Crippen molar-refractivity contribution in [1.82, 2.24) is 0 Å². The van der Waals surface area contributed by atoms with E-state index >= 15 is 8.78 Å². The maximum atomic E-state index is 15.3. The summed E-state index contributed by atoms with van der Waals surface area (Å²) < 4.78 is 58.4. The fourth-order valence-electron chi connectivity index (χ4n) is 2.05. The number of nitrogens with zero attached hydrogens (tertiary/aromatic N) is 2. The Hall–Kier alpha value is -1.90. The first-order valence-corrected chi connectivity index (χ1v) is 7.31. The Kier molecular flexibility index (Phi) is 4.28. The summed E-state index contributed by atoms with van der Waals surface area (Å²) in [6.45, 7) is 0. The van der Waals surface area contributed by atoms with Gasteiger partial charge in [-0.05, 0) is 34.1 Å². The molecule has 2 rings (SSSR count). The average Bonchev–Trinajstić information content (AvgIpc) is 2.91. The first-order chi connectivity index (χ1) is 10.3. The molecule has 2 unspecified atom stereocenters. The van der Waals surface area contributed by atoms with Gasteiger partial charge in [0, 0.05) is 12.2 Å². The topological polar surface area (TPSA) is 47.6 Å². The van der Waals surface area contributed by atoms with E-state index in [1.54, 1.807) is 0 Å². The first-order valence-electron chi connectivity index (χ1n) is 5.70. The monoisotopic (exact) mass is 388 g/mol. The van der Waals surface area contributed by atoms with Gasteiger partial charge < -0.3 is 0 Å². The number of allylic oxidation sites excluding steroid dienone is 6. The van der Waals surface area contributed by atoms with E-state index in [2.05, 4.69) is 15.9 Å². The standard InChI is InChI=1S/C14H5BrF4N2S/c15-11-3-2-10(22-11)14(19)6-9(16)12(17)8(7-21)13(14,18)4-1-5-20/h1-4,6H. The summed E-state index contributed by atoms with van der Waals surface area (Å²) in [5, 5.41) is 17.4. The van der Waals surface area contributed by atoms with Gasteiger partial charge in [0.25, 0.3) is 0 Å². The molecule has 1 aromatic heterocycles. The van der Waals surface area contributed by atoms with Crippen molar-refractivity contribution < 1.29 is 17.6 Å². The fraction of sp³-hybridized carbons (Fsp3) is 0.143. The molecule has 0 bridgehead atoms. The molecular formula is C14H5BrF4N2S. The third-order valence-electron chi connectivity index (χ3n) is 3.08. The Bertz CT molecular complexity index is 799. The Morgan fingerprint density at radius 2 is 1.91 bits per heavy atom. The minimum absolute atomic E-state index is 0.142. The van der Waals surface area contributed by atoms with Crippen LogP contribution in [-0.4, -0.2) is 5.67 Å². The lowest BCUT2D eigenvalue weighted by Crippen LogP contribution is -2.45. The summed E-state index contributed by atoms with van der Waals surface area (Å²) in [5.41, 5.74) is -7.84. The van der Waals surface area contributed by atoms with E-state index in [1.165, 1.54) is 18.2 Å². The largest absolute Gasteiger partial charge is 0.229 e. The van der Waals surface area contributed by atoms with E-state index in [0.29, 0.717) is 15.9 Å². The molecule has 0 radical (unpaired) electrons. The van der Waals surface area contributed by atoms with Crippen molar-refractivity contribution >= 4 is 27.3 Å². The minimum atomic E-state index is -3.33. The number of alkyl halides is 2. The predicted octanol–water partition coefficient (Wildman–Crippen LogP) is 5.08. The number of halogens is 5. The third kappa shape index (κ3) is 2.29. The van der Waals surface area contributed by atoms with Gasteiger partial charge >= 0.3 is 0 Å². The highest BCUT2D eigenvalue weighted by Gasteiger charge is 2.59. The van der Waals surface area contributed by atoms with Crippen LogP contribution in [0.5, 0.6) is 0 Å². The molecule has 1 aliphatic rings. The molecule has 0 saturated carbocycles. The second-order valence-electron chi connectivity index (χ2n) is 4.28. The van der Waals surface area contributed by atoms with Gasteiger partial charge in [0.15, 0.2) is 11.7 Å². The second kappa shape index (κ2) is 5.71. The normalized spacial score (nSPS) is 28.4. The van der Waals surface area contributed by atoms with Crippen LogP contribution < -0.4 is 0 Å². The zero-order chi connectivity index (χ0) is 16.5. The molecule has 0 spiro atoms. The quantitative estimate of drug-likeness (QED) is 0.523. The van der Waals surface area contributed by atoms with Gasteiger partial charge in [-0.25, -0.2) is 17.6 Å². The van der Waals surface area contributed by atoms with Gasteiger partial charge in [0.2, 0.25) is 11.3 Å². The SMILES string of the molecule is N#CC=CC1(F)C(C#N)=C(F)C(F)=CC1(F)c1ccc(Br)s1. The van der Waals surface area contributed by atoms with Crippen LogP contribution in [0.25, 0.3) is 0 Å². The molecule has 1 aromatic rings. The van der Waals surface area contributed by atoms with E-state index in [0.717, 1.165) is 17.4 Å². The number of nitriles is 2. The molecule has 0 amide bonds. The summed E-state index contributed by atoms with van der Waals surface area (Å²) in [6, 6.07) is 5.19. The molecule has 1 heterocycles. The molecule has 2 nitrogen and oxygen atoms in total. The predicted molar refractivity (Wildman–Crippen MR) is 76.3 cm³/mol. The van der Waals surface area contributed by atoms with Gasteiger partial charge in [-0.3, -0.25) is 0 Å². The highest BCUT2D eigenvalue weighted by molar-refractivity contribution is 9.11. The average molecular weight is 389 g/mol. The molecule has 2 atom stereocenters. The summed E-state index contributed by atoms with van der Waals surface area (Å²) in [7, 11) is 0. The zero-order valence-electron chi connectivity index (χ0n) is 10.6. The lowest BCUT2D eigenvalue weighted by Gasteiger charge is -2.36. The smallest absolute Gasteiger partial charge is 0.210 e. The summed E-state index contributed by atoms with van der Waals surface area (Å²) in [5.74, 6) is -3.45. The summed E-state index contributed by atoms with van der Waals surface area (Å²) in [4.78, 5) is -0.278. The molecule has 22 heavy (non-hydrogen) atoms. The maximum absolute atomic E-state index is 15.3. The Morgan fingerprint density at radius 1 is 1.23 bits per heavy atom. The number of hydrogen-bond donors (Lipinski definition) is 0. The summed E-state index contributed by atoms with van der Waals surface area (Å²) >= 11 is 3.83. The van der Waals surface area contributed by atoms with Gasteiger partial charge in [-0.15, -0.1) is 11.3 Å². The molecule has 0 N–H and O–H groups in total. The fourth-order valence-corrected chi connectivity index (χ4v) is 3.55.